The van der Waals surface area contributed by atoms with Crippen molar-refractivity contribution in [2.45, 2.75) is 44.9 Å². The summed E-state index contributed by atoms with van der Waals surface area (Å²) in [5, 5.41) is 0. The van der Waals surface area contributed by atoms with Crippen molar-refractivity contribution < 1.29 is 0 Å². The van der Waals surface area contributed by atoms with E-state index in [2.05, 4.69) is 11.5 Å². The van der Waals surface area contributed by atoms with Gasteiger partial charge in [0.1, 0.15) is 0 Å². The van der Waals surface area contributed by atoms with Gasteiger partial charge in [0, 0.05) is 18.8 Å². The summed E-state index contributed by atoms with van der Waals surface area (Å²) in [6.07, 6.45) is 9.51. The van der Waals surface area contributed by atoms with Crippen LogP contribution in [0.2, 0.25) is 0 Å². The number of rotatable bonds is 3. The number of allylic oxidation sites excluding steroid dienone is 1. The molecule has 2 fully saturated rings. The Labute approximate surface area is 99.9 Å². The molecule has 2 nitrogen and oxygen atoms in total. The standard InChI is InChI=1S/C14H26N2/c1-12(14-5-3-2-4-6-14)16-9-7-13(11-15)8-10-16/h13-14H,1-11,15H2. The lowest BCUT2D eigenvalue weighted by atomic mass is 9.85. The van der Waals surface area contributed by atoms with E-state index in [1.165, 1.54) is 63.7 Å². The lowest BCUT2D eigenvalue weighted by Gasteiger charge is -2.38. The maximum absolute atomic E-state index is 5.73. The van der Waals surface area contributed by atoms with Crippen molar-refractivity contribution in [2.24, 2.45) is 17.6 Å². The third-order valence-corrected chi connectivity index (χ3v) is 4.43. The minimum atomic E-state index is 0.760. The average molecular weight is 222 g/mol. The summed E-state index contributed by atoms with van der Waals surface area (Å²) in [6, 6.07) is 0. The molecule has 0 bridgehead atoms. The van der Waals surface area contributed by atoms with Crippen molar-refractivity contribution in [1.82, 2.24) is 4.90 Å². The van der Waals surface area contributed by atoms with Gasteiger partial charge in [0.2, 0.25) is 0 Å². The van der Waals surface area contributed by atoms with Gasteiger partial charge >= 0.3 is 0 Å². The molecule has 1 saturated carbocycles. The molecule has 0 aromatic carbocycles. The van der Waals surface area contributed by atoms with Gasteiger partial charge in [-0.25, -0.2) is 0 Å². The maximum atomic E-state index is 5.73. The summed E-state index contributed by atoms with van der Waals surface area (Å²) >= 11 is 0. The lowest BCUT2D eigenvalue weighted by Crippen LogP contribution is -2.37. The molecule has 1 heterocycles. The molecule has 0 atom stereocenters. The van der Waals surface area contributed by atoms with Gasteiger partial charge in [-0.15, -0.1) is 0 Å². The molecule has 1 aliphatic heterocycles. The number of piperidine rings is 1. The predicted octanol–water partition coefficient (Wildman–Crippen LogP) is 2.75. The fraction of sp³-hybridized carbons (Fsp3) is 0.857. The maximum Gasteiger partial charge on any atom is 0.0178 e. The third kappa shape index (κ3) is 2.79. The van der Waals surface area contributed by atoms with E-state index >= 15 is 0 Å². The molecule has 2 heteroatoms. The van der Waals surface area contributed by atoms with Gasteiger partial charge in [0.05, 0.1) is 0 Å². The second-order valence-corrected chi connectivity index (χ2v) is 5.49. The molecule has 0 aromatic rings. The summed E-state index contributed by atoms with van der Waals surface area (Å²) < 4.78 is 0. The molecule has 1 aliphatic carbocycles. The van der Waals surface area contributed by atoms with Crippen LogP contribution in [0.15, 0.2) is 12.3 Å². The minimum absolute atomic E-state index is 0.760. The number of nitrogens with zero attached hydrogens (tertiary/aromatic N) is 1. The Balaban J connectivity index is 1.81. The highest BCUT2D eigenvalue weighted by molar-refractivity contribution is 5.02. The van der Waals surface area contributed by atoms with E-state index in [4.69, 9.17) is 5.73 Å². The van der Waals surface area contributed by atoms with Crippen molar-refractivity contribution in [1.29, 1.82) is 0 Å². The Bertz CT molecular complexity index is 223. The topological polar surface area (TPSA) is 29.3 Å². The normalized spacial score (nSPS) is 24.7. The fourth-order valence-electron chi connectivity index (χ4n) is 3.15. The summed E-state index contributed by atoms with van der Waals surface area (Å²) in [5.41, 5.74) is 7.15. The summed E-state index contributed by atoms with van der Waals surface area (Å²) in [6.45, 7) is 7.60. The molecule has 16 heavy (non-hydrogen) atoms. The fourth-order valence-corrected chi connectivity index (χ4v) is 3.15. The van der Waals surface area contributed by atoms with Gasteiger partial charge in [0.15, 0.2) is 0 Å². The highest BCUT2D eigenvalue weighted by atomic mass is 15.1. The predicted molar refractivity (Wildman–Crippen MR) is 69.1 cm³/mol. The highest BCUT2D eigenvalue weighted by Gasteiger charge is 2.24. The van der Waals surface area contributed by atoms with Gasteiger partial charge in [-0.2, -0.15) is 0 Å². The van der Waals surface area contributed by atoms with Crippen molar-refractivity contribution >= 4 is 0 Å². The quantitative estimate of drug-likeness (QED) is 0.795. The molecule has 0 radical (unpaired) electrons. The lowest BCUT2D eigenvalue weighted by molar-refractivity contribution is 0.199. The van der Waals surface area contributed by atoms with Crippen LogP contribution in [0.3, 0.4) is 0 Å². The van der Waals surface area contributed by atoms with Crippen molar-refractivity contribution in [3.63, 3.8) is 0 Å². The third-order valence-electron chi connectivity index (χ3n) is 4.43. The molecule has 0 spiro atoms. The van der Waals surface area contributed by atoms with Crippen LogP contribution in [0, 0.1) is 11.8 Å². The first-order valence-corrected chi connectivity index (χ1v) is 6.95. The first kappa shape index (κ1) is 12.0. The number of hydrogen-bond donors (Lipinski definition) is 1. The van der Waals surface area contributed by atoms with Crippen LogP contribution in [-0.4, -0.2) is 24.5 Å². The van der Waals surface area contributed by atoms with Gasteiger partial charge in [0.25, 0.3) is 0 Å². The average Bonchev–Trinajstić information content (AvgIpc) is 2.39. The number of nitrogens with two attached hydrogens (primary N) is 1. The van der Waals surface area contributed by atoms with Crippen LogP contribution in [-0.2, 0) is 0 Å². The molecule has 0 amide bonds. The zero-order valence-electron chi connectivity index (χ0n) is 10.5. The molecule has 92 valence electrons. The van der Waals surface area contributed by atoms with Gasteiger partial charge < -0.3 is 10.6 Å². The largest absolute Gasteiger partial charge is 0.375 e. The summed E-state index contributed by atoms with van der Waals surface area (Å²) in [4.78, 5) is 2.53. The van der Waals surface area contributed by atoms with Crippen LogP contribution < -0.4 is 5.73 Å². The Morgan fingerprint density at radius 1 is 1.06 bits per heavy atom. The van der Waals surface area contributed by atoms with Crippen molar-refractivity contribution in [3.05, 3.63) is 12.3 Å². The van der Waals surface area contributed by atoms with Crippen molar-refractivity contribution in [2.75, 3.05) is 19.6 Å². The Kier molecular flexibility index (Phi) is 4.28. The Hall–Kier alpha value is -0.500. The van der Waals surface area contributed by atoms with E-state index in [1.807, 2.05) is 0 Å². The Morgan fingerprint density at radius 2 is 1.69 bits per heavy atom. The Morgan fingerprint density at radius 3 is 2.25 bits per heavy atom. The molecule has 1 saturated heterocycles. The zero-order valence-corrected chi connectivity index (χ0v) is 10.5. The molecule has 2 N–H and O–H groups in total. The van der Waals surface area contributed by atoms with Gasteiger partial charge in [-0.3, -0.25) is 0 Å². The minimum Gasteiger partial charge on any atom is -0.375 e. The summed E-state index contributed by atoms with van der Waals surface area (Å²) in [5.74, 6) is 1.54. The summed E-state index contributed by atoms with van der Waals surface area (Å²) in [7, 11) is 0. The van der Waals surface area contributed by atoms with Crippen LogP contribution in [0.4, 0.5) is 0 Å². The molecule has 0 aromatic heterocycles. The van der Waals surface area contributed by atoms with E-state index in [9.17, 15) is 0 Å². The highest BCUT2D eigenvalue weighted by Crippen LogP contribution is 2.32. The van der Waals surface area contributed by atoms with Crippen LogP contribution in [0.5, 0.6) is 0 Å². The van der Waals surface area contributed by atoms with E-state index in [1.54, 1.807) is 0 Å². The zero-order chi connectivity index (χ0) is 11.4. The van der Waals surface area contributed by atoms with E-state index in [0.29, 0.717) is 0 Å². The van der Waals surface area contributed by atoms with E-state index in [0.717, 1.165) is 18.4 Å². The van der Waals surface area contributed by atoms with Crippen LogP contribution in [0.25, 0.3) is 0 Å². The van der Waals surface area contributed by atoms with E-state index in [-0.39, 0.29) is 0 Å². The molecule has 2 aliphatic rings. The first-order chi connectivity index (χ1) is 7.81. The molecule has 0 unspecified atom stereocenters. The van der Waals surface area contributed by atoms with Crippen LogP contribution in [0.1, 0.15) is 44.9 Å². The van der Waals surface area contributed by atoms with Gasteiger partial charge in [-0.05, 0) is 44.1 Å². The SMILES string of the molecule is C=C(C1CCCCC1)N1CCC(CN)CC1. The monoisotopic (exact) mass is 222 g/mol. The second-order valence-electron chi connectivity index (χ2n) is 5.49. The van der Waals surface area contributed by atoms with E-state index < -0.39 is 0 Å². The number of likely N-dealkylation sites (tertiary alicyclic amines) is 1. The molecular weight excluding hydrogens is 196 g/mol. The van der Waals surface area contributed by atoms with Crippen molar-refractivity contribution in [3.8, 4) is 0 Å². The smallest absolute Gasteiger partial charge is 0.0178 e. The first-order valence-electron chi connectivity index (χ1n) is 6.95. The number of hydrogen-bond acceptors (Lipinski definition) is 2. The molecule has 2 rings (SSSR count). The van der Waals surface area contributed by atoms with Gasteiger partial charge in [-0.1, -0.05) is 25.8 Å². The molecular formula is C14H26N2. The van der Waals surface area contributed by atoms with Crippen LogP contribution >= 0.6 is 0 Å². The second kappa shape index (κ2) is 5.72.